The van der Waals surface area contributed by atoms with Crippen LogP contribution in [0.4, 0.5) is 5.69 Å². The lowest BCUT2D eigenvalue weighted by Gasteiger charge is -2.06. The van der Waals surface area contributed by atoms with Crippen LogP contribution in [0, 0.1) is 10.1 Å². The molecule has 1 aromatic carbocycles. The Hall–Kier alpha value is -0.860. The van der Waals surface area contributed by atoms with Gasteiger partial charge in [0.2, 0.25) is 4.90 Å². The Labute approximate surface area is 104 Å². The van der Waals surface area contributed by atoms with Crippen molar-refractivity contribution >= 4 is 41.4 Å². The van der Waals surface area contributed by atoms with E-state index in [2.05, 4.69) is 15.9 Å². The Kier molecular flexibility index (Phi) is 3.76. The highest BCUT2D eigenvalue weighted by Crippen LogP contribution is 2.40. The normalized spacial score (nSPS) is 11.2. The highest BCUT2D eigenvalue weighted by molar-refractivity contribution is 9.10. The minimum Gasteiger partial charge on any atom is -0.495 e. The second-order valence-corrected chi connectivity index (χ2v) is 5.98. The van der Waals surface area contributed by atoms with E-state index in [-0.39, 0.29) is 10.2 Å². The van der Waals surface area contributed by atoms with E-state index in [1.54, 1.807) is 0 Å². The van der Waals surface area contributed by atoms with Gasteiger partial charge in [0.05, 0.1) is 16.5 Å². The molecular formula is C7H5BrClNO5S. The maximum absolute atomic E-state index is 11.3. The average Bonchev–Trinajstić information content (AvgIpc) is 2.15. The van der Waals surface area contributed by atoms with Crippen LogP contribution in [0.15, 0.2) is 21.5 Å². The summed E-state index contributed by atoms with van der Waals surface area (Å²) in [5.74, 6) is -0.176. The topological polar surface area (TPSA) is 86.5 Å². The first-order valence-electron chi connectivity index (χ1n) is 3.74. The summed E-state index contributed by atoms with van der Waals surface area (Å²) < 4.78 is 27.2. The average molecular weight is 331 g/mol. The molecule has 0 N–H and O–H groups in total. The number of hydrogen-bond acceptors (Lipinski definition) is 5. The molecule has 0 heterocycles. The second kappa shape index (κ2) is 4.56. The van der Waals surface area contributed by atoms with Crippen LogP contribution in [-0.2, 0) is 9.05 Å². The van der Waals surface area contributed by atoms with Crippen molar-refractivity contribution in [2.24, 2.45) is 0 Å². The molecule has 0 aromatic heterocycles. The highest BCUT2D eigenvalue weighted by Gasteiger charge is 2.31. The minimum absolute atomic E-state index is 0.0116. The van der Waals surface area contributed by atoms with Gasteiger partial charge >= 0.3 is 5.69 Å². The summed E-state index contributed by atoms with van der Waals surface area (Å²) in [6.45, 7) is 0. The summed E-state index contributed by atoms with van der Waals surface area (Å²) in [6.07, 6.45) is 0. The molecule has 0 unspecified atom stereocenters. The lowest BCUT2D eigenvalue weighted by molar-refractivity contribution is -0.388. The van der Waals surface area contributed by atoms with Crippen LogP contribution in [0.1, 0.15) is 0 Å². The number of nitro groups is 1. The van der Waals surface area contributed by atoms with Gasteiger partial charge in [0.25, 0.3) is 9.05 Å². The van der Waals surface area contributed by atoms with Crippen molar-refractivity contribution in [1.82, 2.24) is 0 Å². The molecule has 0 amide bonds. The van der Waals surface area contributed by atoms with E-state index >= 15 is 0 Å². The molecule has 0 saturated carbocycles. The number of ether oxygens (including phenoxy) is 1. The largest absolute Gasteiger partial charge is 0.495 e. The van der Waals surface area contributed by atoms with Crippen molar-refractivity contribution < 1.29 is 18.1 Å². The molecule has 1 rings (SSSR count). The van der Waals surface area contributed by atoms with Crippen LogP contribution in [0.5, 0.6) is 5.75 Å². The van der Waals surface area contributed by atoms with Crippen LogP contribution >= 0.6 is 26.6 Å². The molecule has 0 radical (unpaired) electrons. The number of methoxy groups -OCH3 is 1. The van der Waals surface area contributed by atoms with Crippen molar-refractivity contribution in [2.45, 2.75) is 4.90 Å². The van der Waals surface area contributed by atoms with Gasteiger partial charge < -0.3 is 4.74 Å². The molecule has 0 aliphatic rings. The number of benzene rings is 1. The third-order valence-corrected chi connectivity index (χ3v) is 3.68. The summed E-state index contributed by atoms with van der Waals surface area (Å²) >= 11 is 2.88. The lowest BCUT2D eigenvalue weighted by atomic mass is 10.3. The fraction of sp³-hybridized carbons (Fsp3) is 0.143. The minimum atomic E-state index is -4.27. The molecule has 0 aliphatic heterocycles. The lowest BCUT2D eigenvalue weighted by Crippen LogP contribution is -2.02. The van der Waals surface area contributed by atoms with Gasteiger partial charge in [-0.15, -0.1) is 0 Å². The molecule has 16 heavy (non-hydrogen) atoms. The van der Waals surface area contributed by atoms with E-state index in [1.165, 1.54) is 19.2 Å². The fourth-order valence-electron chi connectivity index (χ4n) is 1.10. The summed E-state index contributed by atoms with van der Waals surface area (Å²) in [4.78, 5) is 9.25. The van der Waals surface area contributed by atoms with Crippen molar-refractivity contribution in [1.29, 1.82) is 0 Å². The van der Waals surface area contributed by atoms with Crippen LogP contribution < -0.4 is 4.74 Å². The van der Waals surface area contributed by atoms with Gasteiger partial charge in [-0.1, -0.05) is 0 Å². The second-order valence-electron chi connectivity index (χ2n) is 2.62. The summed E-state index contributed by atoms with van der Waals surface area (Å²) in [7, 11) is 2.06. The zero-order valence-corrected chi connectivity index (χ0v) is 11.0. The van der Waals surface area contributed by atoms with E-state index in [0.717, 1.165) is 0 Å². The Morgan fingerprint density at radius 1 is 1.50 bits per heavy atom. The van der Waals surface area contributed by atoms with Crippen LogP contribution in [-0.4, -0.2) is 20.5 Å². The Morgan fingerprint density at radius 3 is 2.44 bits per heavy atom. The number of nitro benzene ring substituents is 1. The van der Waals surface area contributed by atoms with Crippen molar-refractivity contribution in [3.05, 3.63) is 26.7 Å². The molecule has 0 spiro atoms. The third-order valence-electron chi connectivity index (χ3n) is 1.69. The van der Waals surface area contributed by atoms with E-state index in [4.69, 9.17) is 15.4 Å². The van der Waals surface area contributed by atoms with E-state index in [1.807, 2.05) is 0 Å². The predicted octanol–water partition coefficient (Wildman–Crippen LogP) is 2.29. The highest BCUT2D eigenvalue weighted by atomic mass is 79.9. The number of nitrogens with zero attached hydrogens (tertiary/aromatic N) is 1. The van der Waals surface area contributed by atoms with Crippen LogP contribution in [0.25, 0.3) is 0 Å². The predicted molar refractivity (Wildman–Crippen MR) is 60.4 cm³/mol. The smallest absolute Gasteiger partial charge is 0.307 e. The summed E-state index contributed by atoms with van der Waals surface area (Å²) in [6, 6.07) is 2.58. The van der Waals surface area contributed by atoms with Crippen LogP contribution in [0.3, 0.4) is 0 Å². The molecule has 1 aromatic rings. The van der Waals surface area contributed by atoms with E-state index in [0.29, 0.717) is 0 Å². The molecule has 6 nitrogen and oxygen atoms in total. The van der Waals surface area contributed by atoms with Gasteiger partial charge in [-0.3, -0.25) is 10.1 Å². The fourth-order valence-corrected chi connectivity index (χ4v) is 2.96. The Balaban J connectivity index is 3.77. The molecule has 0 aliphatic carbocycles. The van der Waals surface area contributed by atoms with Gasteiger partial charge in [-0.2, -0.15) is 0 Å². The zero-order chi connectivity index (χ0) is 12.5. The Bertz CT molecular complexity index is 544. The monoisotopic (exact) mass is 329 g/mol. The number of halogens is 2. The number of hydrogen-bond donors (Lipinski definition) is 0. The first-order valence-corrected chi connectivity index (χ1v) is 6.84. The van der Waals surface area contributed by atoms with E-state index < -0.39 is 24.6 Å². The quantitative estimate of drug-likeness (QED) is 0.482. The van der Waals surface area contributed by atoms with Gasteiger partial charge in [0, 0.05) is 10.7 Å². The van der Waals surface area contributed by atoms with Crippen molar-refractivity contribution in [3.8, 4) is 5.75 Å². The molecule has 0 atom stereocenters. The third kappa shape index (κ3) is 2.45. The molecule has 0 saturated heterocycles. The molecular weight excluding hydrogens is 326 g/mol. The van der Waals surface area contributed by atoms with Gasteiger partial charge in [0.1, 0.15) is 5.75 Å². The van der Waals surface area contributed by atoms with Gasteiger partial charge in [0.15, 0.2) is 0 Å². The first-order chi connectivity index (χ1) is 7.29. The number of rotatable bonds is 3. The van der Waals surface area contributed by atoms with E-state index in [9.17, 15) is 18.5 Å². The maximum Gasteiger partial charge on any atom is 0.307 e. The Morgan fingerprint density at radius 2 is 2.06 bits per heavy atom. The summed E-state index contributed by atoms with van der Waals surface area (Å²) in [5, 5.41) is 10.8. The van der Waals surface area contributed by atoms with Gasteiger partial charge in [-0.05, 0) is 28.1 Å². The van der Waals surface area contributed by atoms with Gasteiger partial charge in [-0.25, -0.2) is 8.42 Å². The van der Waals surface area contributed by atoms with Crippen molar-refractivity contribution in [3.63, 3.8) is 0 Å². The first kappa shape index (κ1) is 13.2. The van der Waals surface area contributed by atoms with Crippen molar-refractivity contribution in [2.75, 3.05) is 7.11 Å². The maximum atomic E-state index is 11.3. The standard InChI is InChI=1S/C7H5BrClNO5S/c1-15-5-3-2-4(8)6(10(11)12)7(5)16(9,13)14/h2-3H,1H3. The molecule has 88 valence electrons. The molecule has 0 fully saturated rings. The summed E-state index contributed by atoms with van der Waals surface area (Å²) in [5.41, 5.74) is -0.644. The SMILES string of the molecule is COc1ccc(Br)c([N+](=O)[O-])c1S(=O)(=O)Cl. The zero-order valence-electron chi connectivity index (χ0n) is 7.81. The van der Waals surface area contributed by atoms with Crippen LogP contribution in [0.2, 0.25) is 0 Å². The molecule has 9 heteroatoms. The molecule has 0 bridgehead atoms.